The number of thiocarbonyl (C=S) groups is 1. The van der Waals surface area contributed by atoms with E-state index in [0.717, 1.165) is 10.6 Å². The van der Waals surface area contributed by atoms with Crippen LogP contribution in [-0.2, 0) is 13.9 Å². The van der Waals surface area contributed by atoms with Gasteiger partial charge in [-0.1, -0.05) is 39.0 Å². The summed E-state index contributed by atoms with van der Waals surface area (Å²) in [5.74, 6) is 0.444. The van der Waals surface area contributed by atoms with Crippen molar-refractivity contribution in [2.24, 2.45) is 0 Å². The van der Waals surface area contributed by atoms with Gasteiger partial charge in [0.05, 0.1) is 6.61 Å². The summed E-state index contributed by atoms with van der Waals surface area (Å²) in [6.07, 6.45) is -3.97. The van der Waals surface area contributed by atoms with Gasteiger partial charge in [0.2, 0.25) is 0 Å². The molecule has 1 saturated heterocycles. The predicted octanol–water partition coefficient (Wildman–Crippen LogP) is 3.54. The van der Waals surface area contributed by atoms with Gasteiger partial charge >= 0.3 is 10.9 Å². The summed E-state index contributed by atoms with van der Waals surface area (Å²) in [4.78, 5) is 25.8. The number of benzene rings is 1. The summed E-state index contributed by atoms with van der Waals surface area (Å²) >= 11 is 5.18. The van der Waals surface area contributed by atoms with E-state index in [1.807, 2.05) is 6.07 Å². The molecular weight excluding hydrogens is 467 g/mol. The number of nitrogens with one attached hydrogen (secondary N) is 1. The van der Waals surface area contributed by atoms with E-state index in [1.165, 1.54) is 6.20 Å². The quantitative estimate of drug-likeness (QED) is 0.483. The second-order valence-electron chi connectivity index (χ2n) is 9.35. The van der Waals surface area contributed by atoms with Crippen LogP contribution in [-0.4, -0.2) is 48.1 Å². The second kappa shape index (κ2) is 9.88. The Morgan fingerprint density at radius 1 is 1.21 bits per heavy atom. The first-order valence-corrected chi connectivity index (χ1v) is 13.9. The van der Waals surface area contributed by atoms with Crippen LogP contribution in [0.25, 0.3) is 0 Å². The number of nitrogens with zero attached hydrogens (tertiary/aromatic N) is 1. The lowest BCUT2D eigenvalue weighted by molar-refractivity contribution is -0.0465. The first-order chi connectivity index (χ1) is 15.4. The zero-order chi connectivity index (χ0) is 24.4. The summed E-state index contributed by atoms with van der Waals surface area (Å²) in [7, 11) is -2.18. The maximum atomic E-state index is 15.6. The number of para-hydroxylation sites is 1. The van der Waals surface area contributed by atoms with Crippen molar-refractivity contribution >= 4 is 25.8 Å². The minimum Gasteiger partial charge on any atom is -0.447 e. The van der Waals surface area contributed by atoms with Crippen LogP contribution >= 0.6 is 12.2 Å². The molecule has 0 unspecified atom stereocenters. The van der Waals surface area contributed by atoms with Crippen LogP contribution in [0.4, 0.5) is 4.39 Å². The van der Waals surface area contributed by atoms with Gasteiger partial charge in [0.1, 0.15) is 11.9 Å². The van der Waals surface area contributed by atoms with Crippen molar-refractivity contribution in [1.29, 1.82) is 0 Å². The number of halogens is 1. The summed E-state index contributed by atoms with van der Waals surface area (Å²) in [5, 5.41) is -0.345. The Hall–Kier alpha value is -2.34. The van der Waals surface area contributed by atoms with E-state index >= 15 is 4.39 Å². The topological polar surface area (TPSA) is 91.8 Å². The highest BCUT2D eigenvalue weighted by molar-refractivity contribution is 7.79. The number of alkyl halides is 1. The second-order valence-corrected chi connectivity index (χ2v) is 14.5. The lowest BCUT2D eigenvalue weighted by Crippen LogP contribution is -2.45. The minimum atomic E-state index is -2.18. The number of rotatable bonds is 6. The molecular formula is C22H29FN2O6SSi. The van der Waals surface area contributed by atoms with Crippen LogP contribution in [0.15, 0.2) is 52.2 Å². The van der Waals surface area contributed by atoms with Crippen molar-refractivity contribution in [2.75, 3.05) is 6.61 Å². The molecule has 3 rings (SSSR count). The average molecular weight is 497 g/mol. The van der Waals surface area contributed by atoms with Gasteiger partial charge in [0.25, 0.3) is 5.56 Å². The molecule has 1 aliphatic heterocycles. The number of hydrogen-bond donors (Lipinski definition) is 1. The van der Waals surface area contributed by atoms with E-state index in [9.17, 15) is 9.59 Å². The summed E-state index contributed by atoms with van der Waals surface area (Å²) < 4.78 is 39.8. The van der Waals surface area contributed by atoms with E-state index < -0.39 is 44.2 Å². The Bertz CT molecular complexity index is 1080. The van der Waals surface area contributed by atoms with Gasteiger partial charge in [-0.25, -0.2) is 9.18 Å². The van der Waals surface area contributed by atoms with E-state index in [4.69, 9.17) is 30.9 Å². The van der Waals surface area contributed by atoms with Gasteiger partial charge < -0.3 is 18.6 Å². The molecule has 0 spiro atoms. The Morgan fingerprint density at radius 3 is 2.48 bits per heavy atom. The molecule has 180 valence electrons. The van der Waals surface area contributed by atoms with Crippen LogP contribution in [0, 0.1) is 0 Å². The molecule has 33 heavy (non-hydrogen) atoms. The molecule has 1 aliphatic rings. The zero-order valence-electron chi connectivity index (χ0n) is 19.2. The normalized spacial score (nSPS) is 23.3. The molecule has 1 N–H and O–H groups in total. The molecule has 11 heteroatoms. The number of aromatic amines is 1. The summed E-state index contributed by atoms with van der Waals surface area (Å²) in [6.45, 7) is 10.4. The first-order valence-electron chi connectivity index (χ1n) is 10.6. The first kappa shape index (κ1) is 25.3. The number of hydrogen-bond acceptors (Lipinski definition) is 7. The molecule has 0 saturated carbocycles. The molecule has 2 heterocycles. The van der Waals surface area contributed by atoms with Crippen LogP contribution in [0.2, 0.25) is 18.1 Å². The predicted molar refractivity (Wildman–Crippen MR) is 128 cm³/mol. The van der Waals surface area contributed by atoms with Crippen molar-refractivity contribution in [3.05, 3.63) is 63.4 Å². The summed E-state index contributed by atoms with van der Waals surface area (Å²) in [6, 6.07) is 9.85. The third-order valence-electron chi connectivity index (χ3n) is 5.98. The number of ether oxygens (including phenoxy) is 3. The molecule has 0 aliphatic carbocycles. The van der Waals surface area contributed by atoms with Crippen molar-refractivity contribution in [1.82, 2.24) is 9.55 Å². The maximum absolute atomic E-state index is 15.6. The largest absolute Gasteiger partial charge is 0.447 e. The zero-order valence-corrected chi connectivity index (χ0v) is 21.1. The molecule has 1 fully saturated rings. The molecule has 0 radical (unpaired) electrons. The smallest absolute Gasteiger partial charge is 0.358 e. The lowest BCUT2D eigenvalue weighted by Gasteiger charge is -2.37. The third kappa shape index (κ3) is 5.97. The van der Waals surface area contributed by atoms with Crippen LogP contribution in [0.5, 0.6) is 5.75 Å². The molecule has 4 atom stereocenters. The fraction of sp³-hybridized carbons (Fsp3) is 0.500. The van der Waals surface area contributed by atoms with Crippen LogP contribution in [0.3, 0.4) is 0 Å². The van der Waals surface area contributed by atoms with E-state index in [-0.39, 0.29) is 16.9 Å². The monoisotopic (exact) mass is 496 g/mol. The Morgan fingerprint density at radius 2 is 1.88 bits per heavy atom. The molecule has 8 nitrogen and oxygen atoms in total. The molecule has 1 aromatic heterocycles. The molecule has 0 amide bonds. The van der Waals surface area contributed by atoms with Crippen molar-refractivity contribution in [3.8, 4) is 5.75 Å². The van der Waals surface area contributed by atoms with Crippen molar-refractivity contribution < 1.29 is 23.0 Å². The van der Waals surface area contributed by atoms with Gasteiger partial charge in [-0.2, -0.15) is 0 Å². The maximum Gasteiger partial charge on any atom is 0.358 e. The van der Waals surface area contributed by atoms with Crippen molar-refractivity contribution in [2.45, 2.75) is 63.5 Å². The lowest BCUT2D eigenvalue weighted by atomic mass is 10.1. The third-order valence-corrected chi connectivity index (χ3v) is 10.7. The molecule has 1 aromatic carbocycles. The van der Waals surface area contributed by atoms with Gasteiger partial charge in [-0.3, -0.25) is 14.3 Å². The number of aromatic nitrogens is 2. The van der Waals surface area contributed by atoms with Crippen LogP contribution < -0.4 is 16.0 Å². The Kier molecular flexibility index (Phi) is 7.57. The fourth-order valence-corrected chi connectivity index (χ4v) is 4.27. The Labute approximate surface area is 197 Å². The summed E-state index contributed by atoms with van der Waals surface area (Å²) in [5.41, 5.74) is -1.38. The standard InChI is InChI=1S/C22H29FN2O6SSi/c1-22(2,3)33(4,5)28-13-15-18(31-21(32)29-14-9-7-6-8-10-14)17(23)19(30-15)25-12-11-16(26)24-20(25)27/h6-12,15,17-19H,13H2,1-5H3,(H,24,26,27)/t15-,17-,18-,19-/m1/s1. The van der Waals surface area contributed by atoms with E-state index in [2.05, 4.69) is 38.8 Å². The molecule has 2 aromatic rings. The van der Waals surface area contributed by atoms with Gasteiger partial charge in [0, 0.05) is 24.5 Å². The van der Waals surface area contributed by atoms with Crippen molar-refractivity contribution in [3.63, 3.8) is 0 Å². The average Bonchev–Trinajstić information content (AvgIpc) is 3.02. The van der Waals surface area contributed by atoms with Gasteiger partial charge in [0.15, 0.2) is 26.8 Å². The van der Waals surface area contributed by atoms with Gasteiger partial charge in [-0.15, -0.1) is 0 Å². The van der Waals surface area contributed by atoms with Crippen LogP contribution in [0.1, 0.15) is 27.0 Å². The SMILES string of the molecule is CC(C)(C)[Si](C)(C)OC[C@H]1O[C@@H](n2ccc(=O)[nH]c2=O)[C@H](F)[C@@H]1OC(=S)Oc1ccccc1. The highest BCUT2D eigenvalue weighted by Gasteiger charge is 2.50. The molecule has 0 bridgehead atoms. The highest BCUT2D eigenvalue weighted by Crippen LogP contribution is 2.39. The van der Waals surface area contributed by atoms with E-state index in [0.29, 0.717) is 5.75 Å². The Balaban J connectivity index is 1.82. The number of H-pyrrole nitrogens is 1. The minimum absolute atomic E-state index is 0.0458. The fourth-order valence-electron chi connectivity index (χ4n) is 3.05. The highest BCUT2D eigenvalue weighted by atomic mass is 32.1. The van der Waals surface area contributed by atoms with E-state index in [1.54, 1.807) is 24.3 Å². The van der Waals surface area contributed by atoms with Gasteiger partial charge in [-0.05, 0) is 30.3 Å².